The van der Waals surface area contributed by atoms with Gasteiger partial charge >= 0.3 is 5.97 Å². The van der Waals surface area contributed by atoms with Gasteiger partial charge in [0.1, 0.15) is 0 Å². The molecule has 1 aromatic rings. The Bertz CT molecular complexity index is 592. The molecule has 1 aromatic carbocycles. The van der Waals surface area contributed by atoms with E-state index in [4.69, 9.17) is 16.3 Å². The van der Waals surface area contributed by atoms with Gasteiger partial charge in [0.05, 0.1) is 11.5 Å². The lowest BCUT2D eigenvalue weighted by Gasteiger charge is -2.11. The summed E-state index contributed by atoms with van der Waals surface area (Å²) in [6.45, 7) is 0.214. The summed E-state index contributed by atoms with van der Waals surface area (Å²) >= 11 is 5.71. The van der Waals surface area contributed by atoms with Crippen LogP contribution in [0.25, 0.3) is 0 Å². The minimum Gasteiger partial charge on any atom is -0.464 e. The molecule has 1 aliphatic carbocycles. The van der Waals surface area contributed by atoms with Crippen LogP contribution in [0.15, 0.2) is 29.2 Å². The molecular weight excluding hydrogens is 264 g/mol. The fourth-order valence-corrected chi connectivity index (χ4v) is 4.56. The molecule has 6 heteroatoms. The minimum absolute atomic E-state index is 0.128. The molecule has 0 N–H and O–H groups in total. The molecule has 1 saturated carbocycles. The number of fused-ring (bicyclic) bond motifs is 1. The normalized spacial score (nSPS) is 30.9. The van der Waals surface area contributed by atoms with E-state index in [0.717, 1.165) is 0 Å². The summed E-state index contributed by atoms with van der Waals surface area (Å²) in [5.41, 5.74) is 0. The number of esters is 1. The van der Waals surface area contributed by atoms with E-state index < -0.39 is 20.6 Å². The van der Waals surface area contributed by atoms with Crippen LogP contribution in [0.1, 0.15) is 6.42 Å². The Morgan fingerprint density at radius 3 is 2.41 bits per heavy atom. The van der Waals surface area contributed by atoms with Crippen molar-refractivity contribution in [3.05, 3.63) is 29.3 Å². The first-order valence-electron chi connectivity index (χ1n) is 5.16. The van der Waals surface area contributed by atoms with Crippen molar-refractivity contribution in [2.45, 2.75) is 16.1 Å². The first kappa shape index (κ1) is 11.0. The van der Waals surface area contributed by atoms with Crippen LogP contribution in [-0.4, -0.2) is 25.7 Å². The quantitative estimate of drug-likeness (QED) is 0.764. The lowest BCUT2D eigenvalue weighted by atomic mass is 10.4. The van der Waals surface area contributed by atoms with Gasteiger partial charge in [-0.25, -0.2) is 8.42 Å². The lowest BCUT2D eigenvalue weighted by molar-refractivity contribution is -0.140. The molecular formula is C11H9ClO4S. The van der Waals surface area contributed by atoms with E-state index in [1.807, 2.05) is 0 Å². The van der Waals surface area contributed by atoms with Gasteiger partial charge in [0.25, 0.3) is 0 Å². The van der Waals surface area contributed by atoms with E-state index in [1.54, 1.807) is 0 Å². The number of hydrogen-bond acceptors (Lipinski definition) is 4. The molecule has 1 heterocycles. The molecule has 2 aliphatic rings. The van der Waals surface area contributed by atoms with Crippen LogP contribution in [0.2, 0.25) is 5.02 Å². The third kappa shape index (κ3) is 1.29. The van der Waals surface area contributed by atoms with Crippen molar-refractivity contribution in [3.63, 3.8) is 0 Å². The largest absolute Gasteiger partial charge is 0.464 e. The van der Waals surface area contributed by atoms with Gasteiger partial charge in [0.2, 0.25) is 0 Å². The monoisotopic (exact) mass is 272 g/mol. The van der Waals surface area contributed by atoms with E-state index in [0.29, 0.717) is 11.4 Å². The molecule has 90 valence electrons. The number of benzene rings is 1. The molecule has 0 amide bonds. The molecule has 0 spiro atoms. The Morgan fingerprint density at radius 1 is 1.29 bits per heavy atom. The van der Waals surface area contributed by atoms with Crippen molar-refractivity contribution in [1.29, 1.82) is 0 Å². The Labute approximate surface area is 103 Å². The fourth-order valence-electron chi connectivity index (χ4n) is 2.31. The average Bonchev–Trinajstić information content (AvgIpc) is 2.95. The summed E-state index contributed by atoms with van der Waals surface area (Å²) in [5.74, 6) is -0.798. The van der Waals surface area contributed by atoms with Crippen molar-refractivity contribution in [2.24, 2.45) is 5.92 Å². The zero-order chi connectivity index (χ0) is 12.3. The third-order valence-corrected chi connectivity index (χ3v) is 6.18. The third-order valence-electron chi connectivity index (χ3n) is 3.41. The summed E-state index contributed by atoms with van der Waals surface area (Å²) in [6, 6.07) is 5.85. The fraction of sp³-hybridized carbons (Fsp3) is 0.364. The highest BCUT2D eigenvalue weighted by Gasteiger charge is 2.74. The highest BCUT2D eigenvalue weighted by Crippen LogP contribution is 2.57. The number of sulfone groups is 1. The Balaban J connectivity index is 2.09. The smallest absolute Gasteiger partial charge is 0.328 e. The second-order valence-corrected chi connectivity index (χ2v) is 6.99. The van der Waals surface area contributed by atoms with Gasteiger partial charge in [-0.05, 0) is 30.7 Å². The topological polar surface area (TPSA) is 60.4 Å². The maximum Gasteiger partial charge on any atom is 0.328 e. The second-order valence-electron chi connectivity index (χ2n) is 4.35. The SMILES string of the molecule is O=C1OC[C@@H]2C[C@]12S(=O)(=O)c1ccc(Cl)cc1. The van der Waals surface area contributed by atoms with Gasteiger partial charge in [0, 0.05) is 10.9 Å². The van der Waals surface area contributed by atoms with Crippen LogP contribution in [-0.2, 0) is 19.4 Å². The van der Waals surface area contributed by atoms with E-state index in [9.17, 15) is 13.2 Å². The zero-order valence-electron chi connectivity index (χ0n) is 8.72. The first-order chi connectivity index (χ1) is 7.98. The molecule has 2 atom stereocenters. The summed E-state index contributed by atoms with van der Waals surface area (Å²) in [7, 11) is -3.66. The highest BCUT2D eigenvalue weighted by atomic mass is 35.5. The van der Waals surface area contributed by atoms with E-state index >= 15 is 0 Å². The Hall–Kier alpha value is -1.07. The summed E-state index contributed by atoms with van der Waals surface area (Å²) in [6.07, 6.45) is 0.372. The maximum atomic E-state index is 12.4. The molecule has 0 unspecified atom stereocenters. The number of ether oxygens (including phenoxy) is 1. The molecule has 17 heavy (non-hydrogen) atoms. The zero-order valence-corrected chi connectivity index (χ0v) is 10.3. The molecule has 4 nitrogen and oxygen atoms in total. The molecule has 2 fully saturated rings. The summed E-state index contributed by atoms with van der Waals surface area (Å²) in [5, 5.41) is 0.461. The Morgan fingerprint density at radius 2 is 1.94 bits per heavy atom. The molecule has 1 aliphatic heterocycles. The number of cyclic esters (lactones) is 1. The van der Waals surface area contributed by atoms with Crippen LogP contribution in [0.3, 0.4) is 0 Å². The number of rotatable bonds is 2. The number of halogens is 1. The second kappa shape index (κ2) is 3.23. The predicted molar refractivity (Wildman–Crippen MR) is 60.4 cm³/mol. The average molecular weight is 273 g/mol. The summed E-state index contributed by atoms with van der Waals surface area (Å²) < 4.78 is 28.2. The molecule has 0 radical (unpaired) electrons. The van der Waals surface area contributed by atoms with E-state index in [1.165, 1.54) is 24.3 Å². The molecule has 3 rings (SSSR count). The Kier molecular flexibility index (Phi) is 2.10. The van der Waals surface area contributed by atoms with Crippen molar-refractivity contribution in [2.75, 3.05) is 6.61 Å². The van der Waals surface area contributed by atoms with Crippen molar-refractivity contribution in [1.82, 2.24) is 0 Å². The van der Waals surface area contributed by atoms with Crippen molar-refractivity contribution >= 4 is 27.4 Å². The van der Waals surface area contributed by atoms with Gasteiger partial charge in [-0.1, -0.05) is 11.6 Å². The number of hydrogen-bond donors (Lipinski definition) is 0. The first-order valence-corrected chi connectivity index (χ1v) is 7.02. The molecule has 1 saturated heterocycles. The lowest BCUT2D eigenvalue weighted by Crippen LogP contribution is -2.31. The van der Waals surface area contributed by atoms with Crippen LogP contribution < -0.4 is 0 Å². The van der Waals surface area contributed by atoms with Gasteiger partial charge in [-0.2, -0.15) is 0 Å². The minimum atomic E-state index is -3.66. The maximum absolute atomic E-state index is 12.4. The standard InChI is InChI=1S/C11H9ClO4S/c12-8-1-3-9(4-2-8)17(14,15)11-5-7(11)6-16-10(11)13/h1-4,7H,5-6H2/t7-,11+/m0/s1. The van der Waals surface area contributed by atoms with E-state index in [2.05, 4.69) is 0 Å². The van der Waals surface area contributed by atoms with Gasteiger partial charge < -0.3 is 4.74 Å². The van der Waals surface area contributed by atoms with Crippen LogP contribution >= 0.6 is 11.6 Å². The van der Waals surface area contributed by atoms with Crippen LogP contribution in [0.5, 0.6) is 0 Å². The highest BCUT2D eigenvalue weighted by molar-refractivity contribution is 7.94. The summed E-state index contributed by atoms with van der Waals surface area (Å²) in [4.78, 5) is 11.7. The van der Waals surface area contributed by atoms with Crippen LogP contribution in [0, 0.1) is 5.92 Å². The van der Waals surface area contributed by atoms with Crippen LogP contribution in [0.4, 0.5) is 0 Å². The van der Waals surface area contributed by atoms with Crippen molar-refractivity contribution < 1.29 is 17.9 Å². The van der Waals surface area contributed by atoms with Gasteiger partial charge in [-0.15, -0.1) is 0 Å². The molecule has 0 bridgehead atoms. The van der Waals surface area contributed by atoms with E-state index in [-0.39, 0.29) is 17.4 Å². The van der Waals surface area contributed by atoms with Crippen molar-refractivity contribution in [3.8, 4) is 0 Å². The number of carbonyl (C=O) groups excluding carboxylic acids is 1. The van der Waals surface area contributed by atoms with Gasteiger partial charge in [0.15, 0.2) is 14.6 Å². The number of carbonyl (C=O) groups is 1. The predicted octanol–water partition coefficient (Wildman–Crippen LogP) is 1.43. The van der Waals surface area contributed by atoms with Gasteiger partial charge in [-0.3, -0.25) is 4.79 Å². The molecule has 0 aromatic heterocycles.